The van der Waals surface area contributed by atoms with E-state index in [0.29, 0.717) is 27.8 Å². The summed E-state index contributed by atoms with van der Waals surface area (Å²) in [4.78, 5) is 18.7. The van der Waals surface area contributed by atoms with Crippen molar-refractivity contribution in [3.05, 3.63) is 105 Å². The van der Waals surface area contributed by atoms with E-state index in [1.807, 2.05) is 56.3 Å². The molecule has 0 radical (unpaired) electrons. The minimum absolute atomic E-state index is 0.0140. The molecule has 4 rings (SSSR count). The minimum atomic E-state index is -0.365. The maximum absolute atomic E-state index is 14.2. The summed E-state index contributed by atoms with van der Waals surface area (Å²) in [6.07, 6.45) is 0. The van der Waals surface area contributed by atoms with E-state index in [0.717, 1.165) is 17.0 Å². The molecule has 0 amide bonds. The molecule has 8 nitrogen and oxygen atoms in total. The number of pyridine rings is 1. The highest BCUT2D eigenvalue weighted by Gasteiger charge is 2.22. The van der Waals surface area contributed by atoms with E-state index in [9.17, 15) is 15.5 Å². The topological polar surface area (TPSA) is 121 Å². The van der Waals surface area contributed by atoms with Gasteiger partial charge in [-0.2, -0.15) is 5.26 Å². The number of nitriles is 1. The number of rotatable bonds is 6. The average molecular weight is 479 g/mol. The number of ether oxygens (including phenoxy) is 1. The molecule has 2 N–H and O–H groups in total. The van der Waals surface area contributed by atoms with Crippen LogP contribution in [0.3, 0.4) is 0 Å². The molecule has 4 aromatic rings. The Morgan fingerprint density at radius 2 is 1.67 bits per heavy atom. The second-order valence-corrected chi connectivity index (χ2v) is 8.41. The third kappa shape index (κ3) is 4.65. The molecule has 0 spiro atoms. The largest absolute Gasteiger partial charge is 0.377 e. The van der Waals surface area contributed by atoms with Crippen LogP contribution in [-0.4, -0.2) is 33.9 Å². The quantitative estimate of drug-likeness (QED) is 0.323. The summed E-state index contributed by atoms with van der Waals surface area (Å²) >= 11 is 0. The Morgan fingerprint density at radius 3 is 2.28 bits per heavy atom. The summed E-state index contributed by atoms with van der Waals surface area (Å²) in [5.74, 6) is -0.0408. The highest BCUT2D eigenvalue weighted by Crippen LogP contribution is 2.27. The van der Waals surface area contributed by atoms with Gasteiger partial charge < -0.3 is 4.74 Å². The summed E-state index contributed by atoms with van der Waals surface area (Å²) < 4.78 is 7.89. The first-order valence-corrected chi connectivity index (χ1v) is 11.4. The monoisotopic (exact) mass is 478 g/mol. The van der Waals surface area contributed by atoms with Gasteiger partial charge in [-0.3, -0.25) is 20.6 Å². The van der Waals surface area contributed by atoms with Crippen LogP contribution in [0.1, 0.15) is 22.5 Å². The Hall–Kier alpha value is -4.61. The lowest BCUT2D eigenvalue weighted by atomic mass is 9.96. The number of nitrogens with one attached hydrogen (secondary N) is 2. The molecule has 0 atom stereocenters. The van der Waals surface area contributed by atoms with Gasteiger partial charge in [-0.15, -0.1) is 0 Å². The normalized spacial score (nSPS) is 10.7. The number of methoxy groups -OCH3 is 1. The first-order chi connectivity index (χ1) is 17.3. The van der Waals surface area contributed by atoms with Crippen LogP contribution in [0.2, 0.25) is 0 Å². The summed E-state index contributed by atoms with van der Waals surface area (Å²) in [5.41, 5.74) is 4.53. The lowest BCUT2D eigenvalue weighted by molar-refractivity contribution is 0.239. The van der Waals surface area contributed by atoms with E-state index in [2.05, 4.69) is 11.1 Å². The van der Waals surface area contributed by atoms with Gasteiger partial charge in [-0.1, -0.05) is 48.5 Å². The first-order valence-electron chi connectivity index (χ1n) is 11.4. The van der Waals surface area contributed by atoms with Gasteiger partial charge in [0.05, 0.1) is 23.7 Å². The Bertz CT molecular complexity index is 1590. The molecule has 0 bridgehead atoms. The number of nitrogens with zero attached hydrogens (tertiary/aromatic N) is 4. The number of benzene rings is 2. The third-order valence-corrected chi connectivity index (χ3v) is 5.94. The van der Waals surface area contributed by atoms with Crippen LogP contribution in [0.4, 0.5) is 0 Å². The van der Waals surface area contributed by atoms with Crippen LogP contribution < -0.4 is 11.0 Å². The highest BCUT2D eigenvalue weighted by atomic mass is 16.5. The van der Waals surface area contributed by atoms with Crippen LogP contribution in [-0.2, 0) is 11.3 Å². The SMILES string of the molecule is COCC(=N)n1c(=N)c(-c2ccccc2)c(-c2ccc(C#N)cc2)c(=O)n1Cc1ccc(C)nc1C. The zero-order valence-electron chi connectivity index (χ0n) is 20.4. The molecule has 0 unspecified atom stereocenters. The fraction of sp³-hybridized carbons (Fsp3) is 0.179. The van der Waals surface area contributed by atoms with E-state index in [1.54, 1.807) is 24.3 Å². The van der Waals surface area contributed by atoms with E-state index >= 15 is 0 Å². The molecule has 0 aliphatic carbocycles. The Labute approximate surface area is 208 Å². The number of aryl methyl sites for hydroxylation is 2. The molecule has 2 aromatic heterocycles. The summed E-state index contributed by atoms with van der Waals surface area (Å²) in [7, 11) is 1.47. The van der Waals surface area contributed by atoms with Gasteiger partial charge >= 0.3 is 0 Å². The number of aromatic nitrogens is 3. The summed E-state index contributed by atoms with van der Waals surface area (Å²) in [6, 6.07) is 21.8. The van der Waals surface area contributed by atoms with Crippen LogP contribution in [0, 0.1) is 36.0 Å². The van der Waals surface area contributed by atoms with Gasteiger partial charge in [0, 0.05) is 24.1 Å². The Kier molecular flexibility index (Phi) is 7.04. The smallest absolute Gasteiger partial charge is 0.274 e. The van der Waals surface area contributed by atoms with Gasteiger partial charge in [-0.05, 0) is 48.7 Å². The standard InChI is InChI=1S/C28H26N6O2/c1-18-9-12-23(19(2)32-18)16-33-28(35)26(22-13-10-20(15-29)11-14-22)25(21-7-5-4-6-8-21)27(31)34(33)24(30)17-36-3/h4-14,30-31H,16-17H2,1-3H3. The molecule has 0 aliphatic heterocycles. The second-order valence-electron chi connectivity index (χ2n) is 8.41. The molecule has 2 aromatic carbocycles. The fourth-order valence-corrected chi connectivity index (χ4v) is 4.20. The summed E-state index contributed by atoms with van der Waals surface area (Å²) in [5, 5.41) is 27.1. The molecule has 180 valence electrons. The maximum atomic E-state index is 14.2. The van der Waals surface area contributed by atoms with Crippen LogP contribution >= 0.6 is 0 Å². The van der Waals surface area contributed by atoms with Gasteiger partial charge in [0.1, 0.15) is 12.4 Å². The van der Waals surface area contributed by atoms with Crippen LogP contribution in [0.5, 0.6) is 0 Å². The number of hydrogen-bond acceptors (Lipinski definition) is 6. The molecule has 0 fully saturated rings. The molecular formula is C28H26N6O2. The lowest BCUT2D eigenvalue weighted by Crippen LogP contribution is -2.45. The van der Waals surface area contributed by atoms with Gasteiger partial charge in [0.2, 0.25) is 0 Å². The average Bonchev–Trinajstić information content (AvgIpc) is 2.88. The molecule has 0 saturated heterocycles. The maximum Gasteiger partial charge on any atom is 0.274 e. The van der Waals surface area contributed by atoms with Crippen LogP contribution in [0.25, 0.3) is 22.3 Å². The highest BCUT2D eigenvalue weighted by molar-refractivity contribution is 5.86. The van der Waals surface area contributed by atoms with Crippen molar-refractivity contribution in [3.8, 4) is 28.3 Å². The number of hydrogen-bond donors (Lipinski definition) is 2. The second kappa shape index (κ2) is 10.3. The summed E-state index contributed by atoms with van der Waals surface area (Å²) in [6.45, 7) is 3.82. The van der Waals surface area contributed by atoms with Crippen molar-refractivity contribution in [2.24, 2.45) is 0 Å². The van der Waals surface area contributed by atoms with Crippen molar-refractivity contribution in [2.45, 2.75) is 20.4 Å². The molecule has 8 heteroatoms. The minimum Gasteiger partial charge on any atom is -0.377 e. The van der Waals surface area contributed by atoms with Crippen molar-refractivity contribution in [1.29, 1.82) is 16.1 Å². The molecule has 36 heavy (non-hydrogen) atoms. The zero-order valence-corrected chi connectivity index (χ0v) is 20.4. The first kappa shape index (κ1) is 24.5. The van der Waals surface area contributed by atoms with Crippen molar-refractivity contribution in [1.82, 2.24) is 14.3 Å². The van der Waals surface area contributed by atoms with Crippen LogP contribution in [0.15, 0.2) is 71.5 Å². The van der Waals surface area contributed by atoms with Crippen molar-refractivity contribution in [3.63, 3.8) is 0 Å². The Morgan fingerprint density at radius 1 is 1.00 bits per heavy atom. The Balaban J connectivity index is 2.10. The van der Waals surface area contributed by atoms with E-state index in [-0.39, 0.29) is 30.0 Å². The zero-order chi connectivity index (χ0) is 25.8. The lowest BCUT2D eigenvalue weighted by Gasteiger charge is -2.22. The predicted molar refractivity (Wildman–Crippen MR) is 138 cm³/mol. The van der Waals surface area contributed by atoms with Gasteiger partial charge in [0.15, 0.2) is 5.49 Å². The van der Waals surface area contributed by atoms with Gasteiger partial charge in [0.25, 0.3) is 5.56 Å². The van der Waals surface area contributed by atoms with Gasteiger partial charge in [-0.25, -0.2) is 9.36 Å². The fourth-order valence-electron chi connectivity index (χ4n) is 4.20. The van der Waals surface area contributed by atoms with Crippen molar-refractivity contribution >= 4 is 5.84 Å². The van der Waals surface area contributed by atoms with Crippen molar-refractivity contribution < 1.29 is 4.74 Å². The molecular weight excluding hydrogens is 452 g/mol. The van der Waals surface area contributed by atoms with E-state index in [1.165, 1.54) is 16.5 Å². The third-order valence-electron chi connectivity index (χ3n) is 5.94. The van der Waals surface area contributed by atoms with E-state index < -0.39 is 0 Å². The predicted octanol–water partition coefficient (Wildman–Crippen LogP) is 3.87. The molecule has 0 aliphatic rings. The van der Waals surface area contributed by atoms with E-state index in [4.69, 9.17) is 10.1 Å². The van der Waals surface area contributed by atoms with Crippen molar-refractivity contribution in [2.75, 3.05) is 13.7 Å². The molecule has 0 saturated carbocycles. The molecule has 2 heterocycles.